The van der Waals surface area contributed by atoms with Crippen LogP contribution in [-0.2, 0) is 0 Å². The van der Waals surface area contributed by atoms with Crippen LogP contribution in [0.1, 0.15) is 17.2 Å². The van der Waals surface area contributed by atoms with Gasteiger partial charge in [0.1, 0.15) is 6.10 Å². The molecule has 3 nitrogen and oxygen atoms in total. The smallest absolute Gasteiger partial charge is 0.105 e. The Bertz CT molecular complexity index is 719. The van der Waals surface area contributed by atoms with Gasteiger partial charge in [-0.3, -0.25) is 4.98 Å². The summed E-state index contributed by atoms with van der Waals surface area (Å²) in [5.41, 5.74) is 8.08. The summed E-state index contributed by atoms with van der Waals surface area (Å²) in [7, 11) is 0. The van der Waals surface area contributed by atoms with Crippen molar-refractivity contribution in [1.29, 1.82) is 0 Å². The molecule has 1 unspecified atom stereocenters. The number of nitrogens with two attached hydrogens (primary N) is 1. The first-order valence-electron chi connectivity index (χ1n) is 6.12. The van der Waals surface area contributed by atoms with Crippen LogP contribution in [0.5, 0.6) is 0 Å². The molecule has 0 radical (unpaired) electrons. The van der Waals surface area contributed by atoms with E-state index in [2.05, 4.69) is 4.98 Å². The summed E-state index contributed by atoms with van der Waals surface area (Å²) < 4.78 is 0. The first kappa shape index (κ1) is 11.7. The number of hydrogen-bond donors (Lipinski definition) is 2. The molecule has 2 aromatic carbocycles. The molecule has 0 spiro atoms. The van der Waals surface area contributed by atoms with Crippen molar-refractivity contribution in [1.82, 2.24) is 4.98 Å². The normalized spacial score (nSPS) is 12.5. The van der Waals surface area contributed by atoms with E-state index in [4.69, 9.17) is 5.73 Å². The van der Waals surface area contributed by atoms with Crippen molar-refractivity contribution in [3.63, 3.8) is 0 Å². The van der Waals surface area contributed by atoms with Crippen molar-refractivity contribution in [2.75, 3.05) is 5.73 Å². The average Bonchev–Trinajstić information content (AvgIpc) is 2.46. The second-order valence-electron chi connectivity index (χ2n) is 4.52. The average molecular weight is 250 g/mol. The monoisotopic (exact) mass is 250 g/mol. The third kappa shape index (κ3) is 2.16. The molecule has 0 aliphatic rings. The van der Waals surface area contributed by atoms with Gasteiger partial charge in [-0.15, -0.1) is 0 Å². The summed E-state index contributed by atoms with van der Waals surface area (Å²) in [6, 6.07) is 15.1. The van der Waals surface area contributed by atoms with Gasteiger partial charge in [0, 0.05) is 23.5 Å². The van der Waals surface area contributed by atoms with E-state index in [0.29, 0.717) is 5.69 Å². The zero-order chi connectivity index (χ0) is 13.2. The maximum Gasteiger partial charge on any atom is 0.105 e. The highest BCUT2D eigenvalue weighted by atomic mass is 16.3. The number of anilines is 1. The SMILES string of the molecule is Nc1cccc(C(O)c2cccc3cnccc23)c1. The van der Waals surface area contributed by atoms with Crippen molar-refractivity contribution in [2.24, 2.45) is 0 Å². The van der Waals surface area contributed by atoms with Gasteiger partial charge in [0.05, 0.1) is 0 Å². The van der Waals surface area contributed by atoms with Crippen LogP contribution in [0.4, 0.5) is 5.69 Å². The minimum absolute atomic E-state index is 0.651. The fraction of sp³-hybridized carbons (Fsp3) is 0.0625. The molecule has 0 aliphatic carbocycles. The molecular formula is C16H14N2O. The largest absolute Gasteiger partial charge is 0.399 e. The summed E-state index contributed by atoms with van der Waals surface area (Å²) in [5, 5.41) is 12.6. The highest BCUT2D eigenvalue weighted by Gasteiger charge is 2.13. The number of nitrogens with zero attached hydrogens (tertiary/aromatic N) is 1. The van der Waals surface area contributed by atoms with Gasteiger partial charge in [-0.25, -0.2) is 0 Å². The summed E-state index contributed by atoms with van der Waals surface area (Å²) >= 11 is 0. The Balaban J connectivity index is 2.14. The van der Waals surface area contributed by atoms with Crippen LogP contribution < -0.4 is 5.73 Å². The number of fused-ring (bicyclic) bond motifs is 1. The molecule has 94 valence electrons. The fourth-order valence-corrected chi connectivity index (χ4v) is 2.29. The van der Waals surface area contributed by atoms with E-state index in [1.165, 1.54) is 0 Å². The Hall–Kier alpha value is -2.39. The third-order valence-corrected chi connectivity index (χ3v) is 3.24. The lowest BCUT2D eigenvalue weighted by Gasteiger charge is -2.14. The van der Waals surface area contributed by atoms with Crippen LogP contribution in [0.3, 0.4) is 0 Å². The molecule has 3 rings (SSSR count). The molecule has 1 atom stereocenters. The second-order valence-corrected chi connectivity index (χ2v) is 4.52. The second kappa shape index (κ2) is 4.71. The van der Waals surface area contributed by atoms with Crippen LogP contribution >= 0.6 is 0 Å². The van der Waals surface area contributed by atoms with Crippen LogP contribution in [0, 0.1) is 0 Å². The van der Waals surface area contributed by atoms with Gasteiger partial charge in [-0.1, -0.05) is 30.3 Å². The van der Waals surface area contributed by atoms with Gasteiger partial charge in [0.15, 0.2) is 0 Å². The molecule has 1 aromatic heterocycles. The zero-order valence-corrected chi connectivity index (χ0v) is 10.3. The van der Waals surface area contributed by atoms with Gasteiger partial charge in [-0.05, 0) is 34.7 Å². The van der Waals surface area contributed by atoms with Crippen LogP contribution in [0.25, 0.3) is 10.8 Å². The van der Waals surface area contributed by atoms with E-state index >= 15 is 0 Å². The molecular weight excluding hydrogens is 236 g/mol. The molecule has 0 saturated heterocycles. The van der Waals surface area contributed by atoms with Crippen molar-refractivity contribution >= 4 is 16.5 Å². The van der Waals surface area contributed by atoms with Gasteiger partial charge in [-0.2, -0.15) is 0 Å². The van der Waals surface area contributed by atoms with Gasteiger partial charge < -0.3 is 10.8 Å². The molecule has 3 heteroatoms. The first-order chi connectivity index (χ1) is 9.25. The van der Waals surface area contributed by atoms with Crippen LogP contribution in [0.2, 0.25) is 0 Å². The first-order valence-corrected chi connectivity index (χ1v) is 6.12. The van der Waals surface area contributed by atoms with E-state index in [-0.39, 0.29) is 0 Å². The molecule has 0 saturated carbocycles. The van der Waals surface area contributed by atoms with E-state index < -0.39 is 6.10 Å². The van der Waals surface area contributed by atoms with Gasteiger partial charge in [0.2, 0.25) is 0 Å². The molecule has 0 fully saturated rings. The van der Waals surface area contributed by atoms with Gasteiger partial charge in [0.25, 0.3) is 0 Å². The Morgan fingerprint density at radius 2 is 1.89 bits per heavy atom. The number of benzene rings is 2. The van der Waals surface area contributed by atoms with Crippen molar-refractivity contribution in [3.8, 4) is 0 Å². The molecule has 0 bridgehead atoms. The van der Waals surface area contributed by atoms with Crippen LogP contribution in [0.15, 0.2) is 60.9 Å². The number of aliphatic hydroxyl groups excluding tert-OH is 1. The zero-order valence-electron chi connectivity index (χ0n) is 10.3. The summed E-state index contributed by atoms with van der Waals surface area (Å²) in [5.74, 6) is 0. The predicted molar refractivity (Wildman–Crippen MR) is 76.7 cm³/mol. The molecule has 0 amide bonds. The van der Waals surface area contributed by atoms with Gasteiger partial charge >= 0.3 is 0 Å². The molecule has 1 heterocycles. The standard InChI is InChI=1S/C16H14N2O/c17-13-5-1-3-11(9-13)16(19)15-6-2-4-12-10-18-8-7-14(12)15/h1-10,16,19H,17H2. The van der Waals surface area contributed by atoms with E-state index in [0.717, 1.165) is 21.9 Å². The summed E-state index contributed by atoms with van der Waals surface area (Å²) in [4.78, 5) is 4.10. The lowest BCUT2D eigenvalue weighted by atomic mass is 9.96. The van der Waals surface area contributed by atoms with E-state index in [1.54, 1.807) is 18.5 Å². The number of rotatable bonds is 2. The third-order valence-electron chi connectivity index (χ3n) is 3.24. The number of aliphatic hydroxyl groups is 1. The quantitative estimate of drug-likeness (QED) is 0.687. The molecule has 19 heavy (non-hydrogen) atoms. The summed E-state index contributed by atoms with van der Waals surface area (Å²) in [6.07, 6.45) is 2.85. The number of hydrogen-bond acceptors (Lipinski definition) is 3. The van der Waals surface area contributed by atoms with Crippen molar-refractivity contribution in [3.05, 3.63) is 72.1 Å². The fourth-order valence-electron chi connectivity index (χ4n) is 2.29. The maximum atomic E-state index is 10.5. The topological polar surface area (TPSA) is 59.1 Å². The Labute approximate surface area is 111 Å². The maximum absolute atomic E-state index is 10.5. The lowest BCUT2D eigenvalue weighted by Crippen LogP contribution is -2.01. The predicted octanol–water partition coefficient (Wildman–Crippen LogP) is 2.90. The lowest BCUT2D eigenvalue weighted by molar-refractivity contribution is 0.222. The van der Waals surface area contributed by atoms with E-state index in [1.807, 2.05) is 42.5 Å². The number of nitrogen functional groups attached to an aromatic ring is 1. The number of aromatic nitrogens is 1. The minimum Gasteiger partial charge on any atom is -0.399 e. The Kier molecular flexibility index (Phi) is 2.89. The molecule has 3 N–H and O–H groups in total. The molecule has 3 aromatic rings. The number of pyridine rings is 1. The highest BCUT2D eigenvalue weighted by Crippen LogP contribution is 2.29. The van der Waals surface area contributed by atoms with Crippen LogP contribution in [-0.4, -0.2) is 10.1 Å². The highest BCUT2D eigenvalue weighted by molar-refractivity contribution is 5.85. The van der Waals surface area contributed by atoms with Crippen molar-refractivity contribution in [2.45, 2.75) is 6.10 Å². The van der Waals surface area contributed by atoms with Crippen molar-refractivity contribution < 1.29 is 5.11 Å². The Morgan fingerprint density at radius 3 is 2.74 bits per heavy atom. The Morgan fingerprint density at radius 1 is 1.05 bits per heavy atom. The summed E-state index contributed by atoms with van der Waals surface area (Å²) in [6.45, 7) is 0. The van der Waals surface area contributed by atoms with E-state index in [9.17, 15) is 5.11 Å². The minimum atomic E-state index is -0.686. The molecule has 0 aliphatic heterocycles.